The standard InChI is InChI=1S/C16H25NO3/c1-16(6-7-16)15(17)11-12-4-5-13(19-3)14(10-12)20-9-8-18-2/h4-5,10,15H,6-9,11,17H2,1-3H3/t15-/m1/s1. The third-order valence-electron chi connectivity index (χ3n) is 4.16. The fraction of sp³-hybridized carbons (Fsp3) is 0.625. The summed E-state index contributed by atoms with van der Waals surface area (Å²) < 4.78 is 16.0. The number of hydrogen-bond donors (Lipinski definition) is 1. The summed E-state index contributed by atoms with van der Waals surface area (Å²) in [5.41, 5.74) is 7.82. The van der Waals surface area contributed by atoms with Crippen molar-refractivity contribution in [3.63, 3.8) is 0 Å². The molecule has 0 spiro atoms. The Morgan fingerprint density at radius 3 is 2.55 bits per heavy atom. The van der Waals surface area contributed by atoms with Gasteiger partial charge in [-0.05, 0) is 42.4 Å². The Kier molecular flexibility index (Phi) is 4.89. The summed E-state index contributed by atoms with van der Waals surface area (Å²) in [6.45, 7) is 3.34. The number of nitrogens with two attached hydrogens (primary N) is 1. The molecule has 4 nitrogen and oxygen atoms in total. The molecule has 4 heteroatoms. The van der Waals surface area contributed by atoms with Crippen LogP contribution in [-0.2, 0) is 11.2 Å². The predicted molar refractivity (Wildman–Crippen MR) is 79.4 cm³/mol. The molecule has 112 valence electrons. The molecule has 1 aromatic rings. The van der Waals surface area contributed by atoms with Crippen molar-refractivity contribution in [1.82, 2.24) is 0 Å². The largest absolute Gasteiger partial charge is 0.493 e. The Morgan fingerprint density at radius 1 is 1.20 bits per heavy atom. The van der Waals surface area contributed by atoms with Crippen LogP contribution >= 0.6 is 0 Å². The molecule has 2 N–H and O–H groups in total. The molecule has 0 saturated heterocycles. The van der Waals surface area contributed by atoms with Crippen molar-refractivity contribution in [2.24, 2.45) is 11.1 Å². The highest BCUT2D eigenvalue weighted by molar-refractivity contribution is 5.43. The van der Waals surface area contributed by atoms with E-state index in [0.29, 0.717) is 18.6 Å². The van der Waals surface area contributed by atoms with Crippen molar-refractivity contribution >= 4 is 0 Å². The maximum absolute atomic E-state index is 6.30. The molecule has 2 rings (SSSR count). The smallest absolute Gasteiger partial charge is 0.161 e. The van der Waals surface area contributed by atoms with Crippen molar-refractivity contribution in [2.75, 3.05) is 27.4 Å². The van der Waals surface area contributed by atoms with Crippen LogP contribution < -0.4 is 15.2 Å². The van der Waals surface area contributed by atoms with Gasteiger partial charge in [0.1, 0.15) is 6.61 Å². The van der Waals surface area contributed by atoms with Crippen LogP contribution in [0.4, 0.5) is 0 Å². The van der Waals surface area contributed by atoms with E-state index in [1.165, 1.54) is 18.4 Å². The van der Waals surface area contributed by atoms with Gasteiger partial charge in [0.05, 0.1) is 13.7 Å². The minimum atomic E-state index is 0.211. The Labute approximate surface area is 121 Å². The van der Waals surface area contributed by atoms with Crippen molar-refractivity contribution in [3.05, 3.63) is 23.8 Å². The average molecular weight is 279 g/mol. The number of hydrogen-bond acceptors (Lipinski definition) is 4. The van der Waals surface area contributed by atoms with E-state index in [1.54, 1.807) is 14.2 Å². The van der Waals surface area contributed by atoms with Gasteiger partial charge in [-0.3, -0.25) is 0 Å². The summed E-state index contributed by atoms with van der Waals surface area (Å²) >= 11 is 0. The van der Waals surface area contributed by atoms with Gasteiger partial charge in [-0.2, -0.15) is 0 Å². The third kappa shape index (κ3) is 3.64. The third-order valence-corrected chi connectivity index (χ3v) is 4.16. The van der Waals surface area contributed by atoms with E-state index in [4.69, 9.17) is 19.9 Å². The van der Waals surface area contributed by atoms with Gasteiger partial charge in [-0.1, -0.05) is 13.0 Å². The molecule has 1 aromatic carbocycles. The molecule has 1 aliphatic carbocycles. The average Bonchev–Trinajstić information content (AvgIpc) is 3.19. The second-order valence-corrected chi connectivity index (χ2v) is 5.79. The first-order valence-corrected chi connectivity index (χ1v) is 7.13. The van der Waals surface area contributed by atoms with E-state index in [0.717, 1.165) is 17.9 Å². The number of benzene rings is 1. The normalized spacial score (nSPS) is 17.6. The van der Waals surface area contributed by atoms with Crippen LogP contribution in [0, 0.1) is 5.41 Å². The maximum Gasteiger partial charge on any atom is 0.161 e. The quantitative estimate of drug-likeness (QED) is 0.742. The number of rotatable bonds is 8. The van der Waals surface area contributed by atoms with E-state index < -0.39 is 0 Å². The second kappa shape index (κ2) is 6.46. The fourth-order valence-corrected chi connectivity index (χ4v) is 2.26. The van der Waals surface area contributed by atoms with Gasteiger partial charge in [0.2, 0.25) is 0 Å². The number of ether oxygens (including phenoxy) is 3. The summed E-state index contributed by atoms with van der Waals surface area (Å²) in [6.07, 6.45) is 3.35. The van der Waals surface area contributed by atoms with Crippen molar-refractivity contribution in [1.29, 1.82) is 0 Å². The monoisotopic (exact) mass is 279 g/mol. The first-order valence-electron chi connectivity index (χ1n) is 7.13. The summed E-state index contributed by atoms with van der Waals surface area (Å²) in [7, 11) is 3.31. The SMILES string of the molecule is COCCOc1cc(C[C@@H](N)C2(C)CC2)ccc1OC. The molecular weight excluding hydrogens is 254 g/mol. The van der Waals surface area contributed by atoms with Gasteiger partial charge in [0, 0.05) is 13.2 Å². The molecular formula is C16H25NO3. The molecule has 0 amide bonds. The molecule has 0 aliphatic heterocycles. The lowest BCUT2D eigenvalue weighted by Crippen LogP contribution is -2.31. The van der Waals surface area contributed by atoms with Crippen LogP contribution in [0.3, 0.4) is 0 Å². The molecule has 0 bridgehead atoms. The Hall–Kier alpha value is -1.26. The fourth-order valence-electron chi connectivity index (χ4n) is 2.26. The number of methoxy groups -OCH3 is 2. The summed E-state index contributed by atoms with van der Waals surface area (Å²) in [5.74, 6) is 1.51. The molecule has 0 heterocycles. The Balaban J connectivity index is 2.04. The molecule has 1 fully saturated rings. The first-order chi connectivity index (χ1) is 9.59. The zero-order valence-electron chi connectivity index (χ0n) is 12.6. The zero-order chi connectivity index (χ0) is 14.6. The highest BCUT2D eigenvalue weighted by Crippen LogP contribution is 2.48. The van der Waals surface area contributed by atoms with Gasteiger partial charge in [0.15, 0.2) is 11.5 Å². The predicted octanol–water partition coefficient (Wildman–Crippen LogP) is 2.39. The van der Waals surface area contributed by atoms with Crippen LogP contribution in [0.15, 0.2) is 18.2 Å². The van der Waals surface area contributed by atoms with Gasteiger partial charge < -0.3 is 19.9 Å². The van der Waals surface area contributed by atoms with E-state index in [-0.39, 0.29) is 6.04 Å². The van der Waals surface area contributed by atoms with Gasteiger partial charge in [0.25, 0.3) is 0 Å². The van der Waals surface area contributed by atoms with Crippen LogP contribution in [0.1, 0.15) is 25.3 Å². The van der Waals surface area contributed by atoms with Crippen LogP contribution in [0.2, 0.25) is 0 Å². The Bertz CT molecular complexity index is 443. The first kappa shape index (κ1) is 15.1. The lowest BCUT2D eigenvalue weighted by molar-refractivity contribution is 0.144. The second-order valence-electron chi connectivity index (χ2n) is 5.79. The lowest BCUT2D eigenvalue weighted by Gasteiger charge is -2.19. The van der Waals surface area contributed by atoms with Crippen molar-refractivity contribution in [3.8, 4) is 11.5 Å². The molecule has 0 radical (unpaired) electrons. The highest BCUT2D eigenvalue weighted by Gasteiger charge is 2.42. The lowest BCUT2D eigenvalue weighted by atomic mass is 9.93. The van der Waals surface area contributed by atoms with Crippen molar-refractivity contribution in [2.45, 2.75) is 32.2 Å². The topological polar surface area (TPSA) is 53.7 Å². The van der Waals surface area contributed by atoms with E-state index in [9.17, 15) is 0 Å². The van der Waals surface area contributed by atoms with E-state index in [2.05, 4.69) is 13.0 Å². The summed E-state index contributed by atoms with van der Waals surface area (Å²) in [6, 6.07) is 6.25. The molecule has 1 saturated carbocycles. The van der Waals surface area contributed by atoms with E-state index in [1.807, 2.05) is 12.1 Å². The van der Waals surface area contributed by atoms with Crippen molar-refractivity contribution < 1.29 is 14.2 Å². The van der Waals surface area contributed by atoms with Crippen LogP contribution in [-0.4, -0.2) is 33.5 Å². The Morgan fingerprint density at radius 2 is 1.95 bits per heavy atom. The molecule has 20 heavy (non-hydrogen) atoms. The zero-order valence-corrected chi connectivity index (χ0v) is 12.6. The van der Waals surface area contributed by atoms with Crippen LogP contribution in [0.5, 0.6) is 11.5 Å². The van der Waals surface area contributed by atoms with Crippen LogP contribution in [0.25, 0.3) is 0 Å². The van der Waals surface area contributed by atoms with Gasteiger partial charge >= 0.3 is 0 Å². The molecule has 0 unspecified atom stereocenters. The van der Waals surface area contributed by atoms with Gasteiger partial charge in [-0.15, -0.1) is 0 Å². The van der Waals surface area contributed by atoms with E-state index >= 15 is 0 Å². The highest BCUT2D eigenvalue weighted by atomic mass is 16.5. The molecule has 1 atom stereocenters. The maximum atomic E-state index is 6.30. The molecule has 1 aliphatic rings. The minimum absolute atomic E-state index is 0.211. The minimum Gasteiger partial charge on any atom is -0.493 e. The summed E-state index contributed by atoms with van der Waals surface area (Å²) in [5, 5.41) is 0. The van der Waals surface area contributed by atoms with Gasteiger partial charge in [-0.25, -0.2) is 0 Å². The molecule has 0 aromatic heterocycles. The summed E-state index contributed by atoms with van der Waals surface area (Å²) in [4.78, 5) is 0.